The minimum absolute atomic E-state index is 1.16. The molecule has 10 heavy (non-hydrogen) atoms. The van der Waals surface area contributed by atoms with E-state index in [2.05, 4.69) is 0 Å². The van der Waals surface area contributed by atoms with Crippen molar-refractivity contribution in [2.45, 2.75) is 0 Å². The minimum atomic E-state index is -3.09. The van der Waals surface area contributed by atoms with Crippen molar-refractivity contribution in [3.05, 3.63) is 18.7 Å². The molecule has 0 aromatic carbocycles. The van der Waals surface area contributed by atoms with E-state index in [4.69, 9.17) is 0 Å². The lowest BCUT2D eigenvalue weighted by Crippen LogP contribution is -2.24. The van der Waals surface area contributed by atoms with Gasteiger partial charge in [0.25, 0.3) is 6.33 Å². The van der Waals surface area contributed by atoms with E-state index in [1.807, 2.05) is 0 Å². The molecule has 0 aliphatic carbocycles. The van der Waals surface area contributed by atoms with Crippen molar-refractivity contribution < 1.29 is 13.0 Å². The van der Waals surface area contributed by atoms with Gasteiger partial charge in [0.1, 0.15) is 12.4 Å². The van der Waals surface area contributed by atoms with Crippen LogP contribution in [0.2, 0.25) is 0 Å². The van der Waals surface area contributed by atoms with Gasteiger partial charge in [-0.2, -0.15) is 8.42 Å². The zero-order chi connectivity index (χ0) is 7.78. The second-order valence-electron chi connectivity index (χ2n) is 2.17. The molecule has 1 aromatic rings. The minimum Gasteiger partial charge on any atom is -0.239 e. The number of aryl methyl sites for hydroxylation is 1. The zero-order valence-corrected chi connectivity index (χ0v) is 6.67. The molecule has 0 aliphatic rings. The largest absolute Gasteiger partial charge is 0.301 e. The lowest BCUT2D eigenvalue weighted by molar-refractivity contribution is -0.670. The van der Waals surface area contributed by atoms with Crippen LogP contribution < -0.4 is 4.57 Å². The Morgan fingerprint density at radius 3 is 2.30 bits per heavy atom. The Labute approximate surface area is 59.8 Å². The fourth-order valence-electron chi connectivity index (χ4n) is 0.624. The molecule has 5 heteroatoms. The highest BCUT2D eigenvalue weighted by molar-refractivity contribution is 7.89. The highest BCUT2D eigenvalue weighted by Gasteiger charge is 2.10. The van der Waals surface area contributed by atoms with Gasteiger partial charge in [-0.25, -0.2) is 4.57 Å². The molecule has 0 aliphatic heterocycles. The number of rotatable bonds is 1. The number of nitrogens with zero attached hydrogens (tertiary/aromatic N) is 2. The molecule has 56 valence electrons. The quantitative estimate of drug-likeness (QED) is 0.502. The summed E-state index contributed by atoms with van der Waals surface area (Å²) in [4.78, 5) is 0. The molecular weight excluding hydrogens is 152 g/mol. The summed E-state index contributed by atoms with van der Waals surface area (Å²) in [5, 5.41) is 0. The Bertz CT molecular complexity index is 325. The molecule has 0 saturated heterocycles. The molecule has 0 unspecified atom stereocenters. The van der Waals surface area contributed by atoms with E-state index in [9.17, 15) is 8.42 Å². The zero-order valence-electron chi connectivity index (χ0n) is 5.85. The van der Waals surface area contributed by atoms with E-state index in [0.29, 0.717) is 0 Å². The van der Waals surface area contributed by atoms with Crippen LogP contribution in [0.3, 0.4) is 0 Å². The van der Waals surface area contributed by atoms with Crippen LogP contribution in [0.4, 0.5) is 0 Å². The van der Waals surface area contributed by atoms with E-state index < -0.39 is 10.0 Å². The maximum absolute atomic E-state index is 10.8. The standard InChI is InChI=1S/C5H9N2O2S/c1-6-3-4-7(5-6)10(2,8)9/h3-5H,1-2H3/q+1. The van der Waals surface area contributed by atoms with Crippen LogP contribution in [-0.2, 0) is 17.1 Å². The number of hydrogen-bond acceptors (Lipinski definition) is 2. The third-order valence-corrected chi connectivity index (χ3v) is 2.11. The highest BCUT2D eigenvalue weighted by Crippen LogP contribution is 1.88. The van der Waals surface area contributed by atoms with Crippen LogP contribution in [0.5, 0.6) is 0 Å². The average molecular weight is 161 g/mol. The van der Waals surface area contributed by atoms with Gasteiger partial charge >= 0.3 is 10.0 Å². The molecule has 1 heterocycles. The maximum Gasteiger partial charge on any atom is 0.301 e. The normalized spacial score (nSPS) is 11.8. The molecule has 0 atom stereocenters. The van der Waals surface area contributed by atoms with E-state index in [1.54, 1.807) is 17.8 Å². The Hall–Kier alpha value is -0.840. The number of imidazole rings is 1. The van der Waals surface area contributed by atoms with Crippen molar-refractivity contribution >= 4 is 10.0 Å². The van der Waals surface area contributed by atoms with Gasteiger partial charge in [0.15, 0.2) is 0 Å². The molecular formula is C5H9N2O2S+. The number of hydrogen-bond donors (Lipinski definition) is 0. The van der Waals surface area contributed by atoms with Crippen LogP contribution in [0.25, 0.3) is 0 Å². The molecule has 0 spiro atoms. The van der Waals surface area contributed by atoms with Crippen molar-refractivity contribution in [1.82, 2.24) is 3.97 Å². The molecule has 1 aromatic heterocycles. The van der Waals surface area contributed by atoms with Gasteiger partial charge in [-0.15, -0.1) is 3.97 Å². The summed E-state index contributed by atoms with van der Waals surface area (Å²) in [6, 6.07) is 0. The topological polar surface area (TPSA) is 43.0 Å². The second kappa shape index (κ2) is 2.09. The summed E-state index contributed by atoms with van der Waals surface area (Å²) in [7, 11) is -1.32. The van der Waals surface area contributed by atoms with Crippen molar-refractivity contribution in [3.63, 3.8) is 0 Å². The molecule has 0 N–H and O–H groups in total. The van der Waals surface area contributed by atoms with Crippen molar-refractivity contribution in [2.24, 2.45) is 7.05 Å². The monoisotopic (exact) mass is 161 g/mol. The summed E-state index contributed by atoms with van der Waals surface area (Å²) < 4.78 is 24.4. The van der Waals surface area contributed by atoms with Gasteiger partial charge in [-0.1, -0.05) is 0 Å². The van der Waals surface area contributed by atoms with Crippen molar-refractivity contribution in [3.8, 4) is 0 Å². The Morgan fingerprint density at radius 2 is 2.10 bits per heavy atom. The SMILES string of the molecule is C[n+]1ccn(S(C)(=O)=O)c1. The first kappa shape index (κ1) is 7.27. The maximum atomic E-state index is 10.8. The molecule has 4 nitrogen and oxygen atoms in total. The lowest BCUT2D eigenvalue weighted by atomic mass is 10.9. The van der Waals surface area contributed by atoms with Crippen LogP contribution in [0.1, 0.15) is 0 Å². The summed E-state index contributed by atoms with van der Waals surface area (Å²) in [5.41, 5.74) is 0. The van der Waals surface area contributed by atoms with E-state index in [1.165, 1.54) is 12.5 Å². The van der Waals surface area contributed by atoms with Crippen molar-refractivity contribution in [1.29, 1.82) is 0 Å². The van der Waals surface area contributed by atoms with E-state index in [-0.39, 0.29) is 0 Å². The van der Waals surface area contributed by atoms with Gasteiger partial charge in [0, 0.05) is 0 Å². The Balaban J connectivity index is 3.21. The lowest BCUT2D eigenvalue weighted by Gasteiger charge is -1.86. The molecule has 0 radical (unpaired) electrons. The third-order valence-electron chi connectivity index (χ3n) is 1.13. The smallest absolute Gasteiger partial charge is 0.239 e. The van der Waals surface area contributed by atoms with Crippen LogP contribution in [-0.4, -0.2) is 18.6 Å². The molecule has 1 rings (SSSR count). The molecule has 0 bridgehead atoms. The van der Waals surface area contributed by atoms with Gasteiger partial charge in [-0.05, 0) is 0 Å². The number of aromatic nitrogens is 2. The van der Waals surface area contributed by atoms with Gasteiger partial charge in [-0.3, -0.25) is 0 Å². The molecule has 0 saturated carbocycles. The predicted molar refractivity (Wildman–Crippen MR) is 35.8 cm³/mol. The fourth-order valence-corrected chi connectivity index (χ4v) is 1.22. The van der Waals surface area contributed by atoms with Crippen LogP contribution >= 0.6 is 0 Å². The van der Waals surface area contributed by atoms with Crippen LogP contribution in [0.15, 0.2) is 18.7 Å². The predicted octanol–water partition coefficient (Wildman–Crippen LogP) is -0.880. The van der Waals surface area contributed by atoms with Gasteiger partial charge < -0.3 is 0 Å². The molecule has 0 fully saturated rings. The highest BCUT2D eigenvalue weighted by atomic mass is 32.2. The fraction of sp³-hybridized carbons (Fsp3) is 0.400. The Kier molecular flexibility index (Phi) is 1.52. The van der Waals surface area contributed by atoms with Gasteiger partial charge in [0.05, 0.1) is 13.3 Å². The first-order valence-corrected chi connectivity index (χ1v) is 4.59. The van der Waals surface area contributed by atoms with Gasteiger partial charge in [0.2, 0.25) is 0 Å². The third kappa shape index (κ3) is 1.36. The Morgan fingerprint density at radius 1 is 1.50 bits per heavy atom. The summed E-state index contributed by atoms with van der Waals surface area (Å²) in [6.07, 6.45) is 5.82. The van der Waals surface area contributed by atoms with Crippen LogP contribution in [0, 0.1) is 0 Å². The summed E-state index contributed by atoms with van der Waals surface area (Å²) >= 11 is 0. The van der Waals surface area contributed by atoms with E-state index >= 15 is 0 Å². The summed E-state index contributed by atoms with van der Waals surface area (Å²) in [5.74, 6) is 0. The van der Waals surface area contributed by atoms with Crippen molar-refractivity contribution in [2.75, 3.05) is 6.26 Å². The van der Waals surface area contributed by atoms with E-state index in [0.717, 1.165) is 10.2 Å². The first-order chi connectivity index (χ1) is 4.50. The molecule has 0 amide bonds. The second-order valence-corrected chi connectivity index (χ2v) is 4.06. The summed E-state index contributed by atoms with van der Waals surface area (Å²) in [6.45, 7) is 0. The average Bonchev–Trinajstić information content (AvgIpc) is 2.11. The first-order valence-electron chi connectivity index (χ1n) is 2.74.